The average Bonchev–Trinajstić information content (AvgIpc) is 3.00. The van der Waals surface area contributed by atoms with E-state index in [9.17, 15) is 15.4 Å². The molecule has 0 radical (unpaired) electrons. The van der Waals surface area contributed by atoms with Crippen LogP contribution in [0.2, 0.25) is 0 Å². The minimum Gasteiger partial charge on any atom is -0.454 e. The molecule has 0 fully saturated rings. The molecule has 0 spiro atoms. The van der Waals surface area contributed by atoms with Gasteiger partial charge in [-0.3, -0.25) is 10.1 Å². The third kappa shape index (κ3) is 2.47. The van der Waals surface area contributed by atoms with E-state index in [1.807, 2.05) is 6.07 Å². The van der Waals surface area contributed by atoms with Crippen LogP contribution in [0.25, 0.3) is 11.6 Å². The van der Waals surface area contributed by atoms with E-state index in [2.05, 4.69) is 0 Å². The van der Waals surface area contributed by atoms with Crippen LogP contribution in [0.5, 0.6) is 11.5 Å². The van der Waals surface area contributed by atoms with Gasteiger partial charge in [-0.2, -0.15) is 5.26 Å². The predicted molar refractivity (Wildman–Crippen MR) is 79.1 cm³/mol. The minimum atomic E-state index is -0.500. The van der Waals surface area contributed by atoms with Crippen LogP contribution < -0.4 is 9.47 Å². The number of fused-ring (bicyclic) bond motifs is 1. The number of benzene rings is 2. The fourth-order valence-electron chi connectivity index (χ4n) is 2.20. The van der Waals surface area contributed by atoms with Crippen molar-refractivity contribution in [3.63, 3.8) is 0 Å². The first-order valence-corrected chi connectivity index (χ1v) is 6.44. The van der Waals surface area contributed by atoms with E-state index >= 15 is 0 Å². The number of ether oxygens (including phenoxy) is 2. The monoisotopic (exact) mass is 294 g/mol. The van der Waals surface area contributed by atoms with Crippen LogP contribution in [0.3, 0.4) is 0 Å². The molecule has 1 aliphatic heterocycles. The zero-order chi connectivity index (χ0) is 15.5. The van der Waals surface area contributed by atoms with E-state index in [-0.39, 0.29) is 23.6 Å². The zero-order valence-corrected chi connectivity index (χ0v) is 11.4. The maximum atomic E-state index is 11.1. The van der Waals surface area contributed by atoms with Crippen LogP contribution in [-0.4, -0.2) is 11.7 Å². The molecule has 0 unspecified atom stereocenters. The van der Waals surface area contributed by atoms with Gasteiger partial charge in [0.05, 0.1) is 16.1 Å². The van der Waals surface area contributed by atoms with Crippen molar-refractivity contribution >= 4 is 17.3 Å². The van der Waals surface area contributed by atoms with Crippen molar-refractivity contribution in [3.8, 4) is 17.6 Å². The second kappa shape index (κ2) is 5.58. The van der Waals surface area contributed by atoms with Gasteiger partial charge in [0.25, 0.3) is 5.69 Å². The Morgan fingerprint density at radius 2 is 2.00 bits per heavy atom. The minimum absolute atomic E-state index is 0.101. The third-order valence-corrected chi connectivity index (χ3v) is 3.22. The van der Waals surface area contributed by atoms with Crippen molar-refractivity contribution in [1.82, 2.24) is 0 Å². The summed E-state index contributed by atoms with van der Waals surface area (Å²) in [6, 6.07) is 13.4. The summed E-state index contributed by atoms with van der Waals surface area (Å²) < 4.78 is 10.5. The van der Waals surface area contributed by atoms with Gasteiger partial charge >= 0.3 is 0 Å². The van der Waals surface area contributed by atoms with Crippen molar-refractivity contribution in [2.24, 2.45) is 0 Å². The van der Waals surface area contributed by atoms with Gasteiger partial charge in [0, 0.05) is 6.07 Å². The summed E-state index contributed by atoms with van der Waals surface area (Å²) in [6.07, 6.45) is 1.59. The molecule has 2 aromatic rings. The molecule has 0 aliphatic carbocycles. The van der Waals surface area contributed by atoms with Crippen LogP contribution in [0.4, 0.5) is 5.69 Å². The Morgan fingerprint density at radius 1 is 1.23 bits per heavy atom. The Labute approximate surface area is 126 Å². The summed E-state index contributed by atoms with van der Waals surface area (Å²) in [4.78, 5) is 10.6. The van der Waals surface area contributed by atoms with E-state index in [0.717, 1.165) is 0 Å². The number of nitrogens with zero attached hydrogens (tertiary/aromatic N) is 2. The Kier molecular flexibility index (Phi) is 3.46. The summed E-state index contributed by atoms with van der Waals surface area (Å²) in [5.41, 5.74) is 1.11. The first-order valence-electron chi connectivity index (χ1n) is 6.44. The summed E-state index contributed by atoms with van der Waals surface area (Å²) >= 11 is 0. The van der Waals surface area contributed by atoms with E-state index in [1.54, 1.807) is 42.5 Å². The van der Waals surface area contributed by atoms with E-state index in [0.29, 0.717) is 17.1 Å². The van der Waals surface area contributed by atoms with Gasteiger partial charge in [0.2, 0.25) is 6.79 Å². The lowest BCUT2D eigenvalue weighted by Crippen LogP contribution is -1.94. The second-order valence-corrected chi connectivity index (χ2v) is 4.56. The Balaban J connectivity index is 2.05. The highest BCUT2D eigenvalue weighted by molar-refractivity contribution is 5.92. The highest BCUT2D eigenvalue weighted by atomic mass is 16.7. The van der Waals surface area contributed by atoms with Gasteiger partial charge in [-0.05, 0) is 29.8 Å². The molecule has 0 aromatic heterocycles. The zero-order valence-electron chi connectivity index (χ0n) is 11.4. The molecule has 2 aromatic carbocycles. The standard InChI is InChI=1S/C16H10N2O4/c17-9-12(13-3-1-2-4-14(13)18(19)20)7-11-5-6-15-16(8-11)22-10-21-15/h1-8H,10H2/b12-7-. The summed E-state index contributed by atoms with van der Waals surface area (Å²) in [5.74, 6) is 1.23. The smallest absolute Gasteiger partial charge is 0.277 e. The average molecular weight is 294 g/mol. The van der Waals surface area contributed by atoms with Crippen LogP contribution in [0.15, 0.2) is 42.5 Å². The summed E-state index contributed by atoms with van der Waals surface area (Å²) in [7, 11) is 0. The SMILES string of the molecule is N#C/C(=C/c1ccc2c(c1)OCO2)c1ccccc1[N+](=O)[O-]. The lowest BCUT2D eigenvalue weighted by molar-refractivity contribution is -0.385. The number of nitro groups is 1. The van der Waals surface area contributed by atoms with Gasteiger partial charge < -0.3 is 9.47 Å². The molecule has 0 amide bonds. The number of para-hydroxylation sites is 1. The maximum Gasteiger partial charge on any atom is 0.277 e. The fraction of sp³-hybridized carbons (Fsp3) is 0.0625. The molecule has 3 rings (SSSR count). The maximum absolute atomic E-state index is 11.1. The van der Waals surface area contributed by atoms with Gasteiger partial charge in [0.1, 0.15) is 6.07 Å². The van der Waals surface area contributed by atoms with Crippen molar-refractivity contribution in [2.45, 2.75) is 0 Å². The molecule has 1 heterocycles. The molecule has 22 heavy (non-hydrogen) atoms. The summed E-state index contributed by atoms with van der Waals surface area (Å²) in [6.45, 7) is 0.164. The topological polar surface area (TPSA) is 85.4 Å². The Hall–Kier alpha value is -3.33. The summed E-state index contributed by atoms with van der Waals surface area (Å²) in [5, 5.41) is 20.4. The van der Waals surface area contributed by atoms with Crippen LogP contribution in [0, 0.1) is 21.4 Å². The van der Waals surface area contributed by atoms with Gasteiger partial charge in [-0.1, -0.05) is 18.2 Å². The molecule has 1 aliphatic rings. The highest BCUT2D eigenvalue weighted by Crippen LogP contribution is 2.34. The first kappa shape index (κ1) is 13.6. The molecule has 6 heteroatoms. The van der Waals surface area contributed by atoms with Crippen LogP contribution in [0.1, 0.15) is 11.1 Å². The van der Waals surface area contributed by atoms with Crippen molar-refractivity contribution in [3.05, 3.63) is 63.7 Å². The van der Waals surface area contributed by atoms with Gasteiger partial charge in [-0.15, -0.1) is 0 Å². The fourth-order valence-corrected chi connectivity index (χ4v) is 2.20. The largest absolute Gasteiger partial charge is 0.454 e. The number of nitriles is 1. The normalized spacial score (nSPS) is 12.8. The van der Waals surface area contributed by atoms with Gasteiger partial charge in [0.15, 0.2) is 11.5 Å². The number of hydrogen-bond acceptors (Lipinski definition) is 5. The number of nitro benzene ring substituents is 1. The van der Waals surface area contributed by atoms with E-state index in [4.69, 9.17) is 9.47 Å². The molecule has 6 nitrogen and oxygen atoms in total. The molecule has 108 valence electrons. The molecule has 0 saturated carbocycles. The van der Waals surface area contributed by atoms with E-state index in [1.165, 1.54) is 6.07 Å². The molecular formula is C16H10N2O4. The van der Waals surface area contributed by atoms with Gasteiger partial charge in [-0.25, -0.2) is 0 Å². The number of allylic oxidation sites excluding steroid dienone is 1. The number of hydrogen-bond donors (Lipinski definition) is 0. The molecular weight excluding hydrogens is 284 g/mol. The first-order chi connectivity index (χ1) is 10.7. The molecule has 0 N–H and O–H groups in total. The Bertz CT molecular complexity index is 821. The molecule has 0 saturated heterocycles. The van der Waals surface area contributed by atoms with Crippen LogP contribution in [-0.2, 0) is 0 Å². The lowest BCUT2D eigenvalue weighted by atomic mass is 10.0. The van der Waals surface area contributed by atoms with Crippen molar-refractivity contribution in [1.29, 1.82) is 5.26 Å². The lowest BCUT2D eigenvalue weighted by Gasteiger charge is -2.02. The van der Waals surface area contributed by atoms with Crippen LogP contribution >= 0.6 is 0 Å². The number of rotatable bonds is 3. The third-order valence-electron chi connectivity index (χ3n) is 3.22. The van der Waals surface area contributed by atoms with Crippen molar-refractivity contribution < 1.29 is 14.4 Å². The van der Waals surface area contributed by atoms with E-state index < -0.39 is 4.92 Å². The van der Waals surface area contributed by atoms with Crippen molar-refractivity contribution in [2.75, 3.05) is 6.79 Å². The second-order valence-electron chi connectivity index (χ2n) is 4.56. The molecule has 0 atom stereocenters. The highest BCUT2D eigenvalue weighted by Gasteiger charge is 2.17. The predicted octanol–water partition coefficient (Wildman–Crippen LogP) is 3.39. The quantitative estimate of drug-likeness (QED) is 0.375. The Morgan fingerprint density at radius 3 is 2.77 bits per heavy atom. The molecule has 0 bridgehead atoms.